The van der Waals surface area contributed by atoms with Crippen LogP contribution in [0.2, 0.25) is 0 Å². The highest BCUT2D eigenvalue weighted by Gasteiger charge is 2.09. The molecule has 5 nitrogen and oxygen atoms in total. The van der Waals surface area contributed by atoms with Gasteiger partial charge in [-0.3, -0.25) is 14.9 Å². The third-order valence-corrected chi connectivity index (χ3v) is 4.47. The molecule has 1 fully saturated rings. The van der Waals surface area contributed by atoms with Gasteiger partial charge in [-0.05, 0) is 11.6 Å². The minimum absolute atomic E-state index is 0.550. The third kappa shape index (κ3) is 4.79. The number of anilines is 2. The molecule has 0 aliphatic heterocycles. The molecule has 5 heteroatoms. The topological polar surface area (TPSA) is 70.7 Å². The second-order valence-corrected chi connectivity index (χ2v) is 6.35. The Morgan fingerprint density at radius 2 is 1.62 bits per heavy atom. The van der Waals surface area contributed by atoms with Crippen molar-refractivity contribution in [3.8, 4) is 11.1 Å². The van der Waals surface area contributed by atoms with E-state index >= 15 is 0 Å². The van der Waals surface area contributed by atoms with Gasteiger partial charge in [0.05, 0.1) is 18.1 Å². The highest BCUT2D eigenvalue weighted by molar-refractivity contribution is 5.87. The molecule has 0 bridgehead atoms. The van der Waals surface area contributed by atoms with E-state index in [1.807, 2.05) is 30.3 Å². The summed E-state index contributed by atoms with van der Waals surface area (Å²) in [6, 6.07) is 11.6. The fourth-order valence-corrected chi connectivity index (χ4v) is 3.03. The molecule has 4 rings (SSSR count). The lowest BCUT2D eigenvalue weighted by atomic mass is 10.0. The Bertz CT molecular complexity index is 798. The lowest BCUT2D eigenvalue weighted by Gasteiger charge is -2.08. The Kier molecular flexibility index (Phi) is 6.53. The predicted octanol–water partition coefficient (Wildman–Crippen LogP) is 5.37. The molecule has 0 amide bonds. The van der Waals surface area contributed by atoms with Gasteiger partial charge in [-0.15, -0.1) is 0 Å². The van der Waals surface area contributed by atoms with E-state index in [0.29, 0.717) is 11.3 Å². The van der Waals surface area contributed by atoms with Gasteiger partial charge < -0.3 is 5.32 Å². The average Bonchev–Trinajstić information content (AvgIpc) is 3.19. The predicted molar refractivity (Wildman–Crippen MR) is 105 cm³/mol. The molecule has 2 aromatic heterocycles. The molecule has 0 unspecified atom stereocenters. The zero-order valence-electron chi connectivity index (χ0n) is 14.8. The number of nitrogens with one attached hydrogen (secondary N) is 2. The van der Waals surface area contributed by atoms with Crippen LogP contribution < -0.4 is 5.32 Å². The van der Waals surface area contributed by atoms with Crippen LogP contribution >= 0.6 is 0 Å². The van der Waals surface area contributed by atoms with Crippen LogP contribution in [0.3, 0.4) is 0 Å². The van der Waals surface area contributed by atoms with Gasteiger partial charge in [0.25, 0.3) is 0 Å². The summed E-state index contributed by atoms with van der Waals surface area (Å²) in [4.78, 5) is 15.0. The first-order valence-electron chi connectivity index (χ1n) is 9.13. The number of hydrogen-bond donors (Lipinski definition) is 2. The number of hydrogen-bond acceptors (Lipinski definition) is 4. The van der Waals surface area contributed by atoms with Crippen molar-refractivity contribution in [3.63, 3.8) is 0 Å². The normalized spacial score (nSPS) is 13.4. The fraction of sp³-hybridized carbons (Fsp3) is 0.286. The zero-order valence-corrected chi connectivity index (χ0v) is 14.8. The monoisotopic (exact) mass is 348 g/mol. The van der Waals surface area contributed by atoms with E-state index in [-0.39, 0.29) is 0 Å². The second kappa shape index (κ2) is 9.51. The summed E-state index contributed by atoms with van der Waals surface area (Å²) >= 11 is 0. The SMILES string of the molecule is C1CCCCC1.O=Cc1ccncc1Nc1[nH]ncc1-c1ccccc1. The number of aromatic nitrogens is 3. The van der Waals surface area contributed by atoms with Crippen LogP contribution in [0.15, 0.2) is 55.0 Å². The van der Waals surface area contributed by atoms with Crippen LogP contribution in [-0.4, -0.2) is 21.5 Å². The van der Waals surface area contributed by atoms with E-state index in [1.54, 1.807) is 24.7 Å². The number of nitrogens with zero attached hydrogens (tertiary/aromatic N) is 2. The summed E-state index contributed by atoms with van der Waals surface area (Å²) in [7, 11) is 0. The first kappa shape index (κ1) is 17.9. The lowest BCUT2D eigenvalue weighted by Crippen LogP contribution is -1.97. The number of carbonyl (C=O) groups excluding carboxylic acids is 1. The van der Waals surface area contributed by atoms with Crippen molar-refractivity contribution in [2.75, 3.05) is 5.32 Å². The maximum atomic E-state index is 11.0. The molecular formula is C21H24N4O. The van der Waals surface area contributed by atoms with Gasteiger partial charge >= 0.3 is 0 Å². The maximum absolute atomic E-state index is 11.0. The molecule has 1 aromatic carbocycles. The molecule has 2 heterocycles. The van der Waals surface area contributed by atoms with Crippen LogP contribution in [0, 0.1) is 0 Å². The van der Waals surface area contributed by atoms with E-state index < -0.39 is 0 Å². The Balaban J connectivity index is 0.000000278. The van der Waals surface area contributed by atoms with Crippen LogP contribution in [0.5, 0.6) is 0 Å². The largest absolute Gasteiger partial charge is 0.338 e. The average molecular weight is 348 g/mol. The minimum atomic E-state index is 0.550. The van der Waals surface area contributed by atoms with Crippen molar-refractivity contribution in [2.24, 2.45) is 0 Å². The molecule has 0 atom stereocenters. The van der Waals surface area contributed by atoms with E-state index in [0.717, 1.165) is 23.2 Å². The molecule has 0 saturated heterocycles. The quantitative estimate of drug-likeness (QED) is 0.622. The Labute approximate surface area is 153 Å². The van der Waals surface area contributed by atoms with E-state index in [9.17, 15) is 4.79 Å². The fourth-order valence-electron chi connectivity index (χ4n) is 3.03. The number of H-pyrrole nitrogens is 1. The molecule has 3 aromatic rings. The van der Waals surface area contributed by atoms with Crippen LogP contribution in [-0.2, 0) is 0 Å². The molecule has 0 radical (unpaired) electrons. The second-order valence-electron chi connectivity index (χ2n) is 6.35. The highest BCUT2D eigenvalue weighted by atomic mass is 16.1. The molecule has 134 valence electrons. The van der Waals surface area contributed by atoms with E-state index in [4.69, 9.17) is 0 Å². The standard InChI is InChI=1S/C15H12N4O.C6H12/c20-10-12-6-7-16-9-14(12)18-15-13(8-17-19-15)11-4-2-1-3-5-11;1-2-4-6-5-3-1/h1-10H,(H2,17,18,19);1-6H2. The summed E-state index contributed by atoms with van der Waals surface area (Å²) in [6.45, 7) is 0. The summed E-state index contributed by atoms with van der Waals surface area (Å²) in [5, 5.41) is 10.1. The molecule has 1 aliphatic carbocycles. The summed E-state index contributed by atoms with van der Waals surface area (Å²) in [6.07, 6.45) is 14.7. The number of carbonyl (C=O) groups is 1. The van der Waals surface area contributed by atoms with E-state index in [1.165, 1.54) is 38.5 Å². The van der Waals surface area contributed by atoms with Crippen molar-refractivity contribution >= 4 is 17.8 Å². The van der Waals surface area contributed by atoms with Gasteiger partial charge in [-0.1, -0.05) is 68.9 Å². The number of aromatic amines is 1. The molecule has 2 N–H and O–H groups in total. The Morgan fingerprint density at radius 3 is 2.27 bits per heavy atom. The molecule has 0 spiro atoms. The Morgan fingerprint density at radius 1 is 0.923 bits per heavy atom. The lowest BCUT2D eigenvalue weighted by molar-refractivity contribution is 0.112. The third-order valence-electron chi connectivity index (χ3n) is 4.47. The highest BCUT2D eigenvalue weighted by Crippen LogP contribution is 2.28. The molecular weight excluding hydrogens is 324 g/mol. The van der Waals surface area contributed by atoms with Crippen molar-refractivity contribution in [1.82, 2.24) is 15.2 Å². The van der Waals surface area contributed by atoms with Crippen molar-refractivity contribution < 1.29 is 4.79 Å². The van der Waals surface area contributed by atoms with Gasteiger partial charge in [0.2, 0.25) is 0 Å². The van der Waals surface area contributed by atoms with Crippen molar-refractivity contribution in [2.45, 2.75) is 38.5 Å². The minimum Gasteiger partial charge on any atom is -0.338 e. The molecule has 1 aliphatic rings. The number of aldehydes is 1. The maximum Gasteiger partial charge on any atom is 0.152 e. The summed E-state index contributed by atoms with van der Waals surface area (Å²) in [5.41, 5.74) is 3.17. The van der Waals surface area contributed by atoms with E-state index in [2.05, 4.69) is 20.5 Å². The first-order chi connectivity index (χ1) is 12.9. The van der Waals surface area contributed by atoms with Crippen LogP contribution in [0.1, 0.15) is 48.9 Å². The number of benzene rings is 1. The smallest absolute Gasteiger partial charge is 0.152 e. The summed E-state index contributed by atoms with van der Waals surface area (Å²) < 4.78 is 0. The van der Waals surface area contributed by atoms with Gasteiger partial charge in [-0.2, -0.15) is 5.10 Å². The number of rotatable bonds is 4. The first-order valence-corrected chi connectivity index (χ1v) is 9.13. The Hall–Kier alpha value is -2.95. The van der Waals surface area contributed by atoms with Crippen LogP contribution in [0.25, 0.3) is 11.1 Å². The van der Waals surface area contributed by atoms with Gasteiger partial charge in [-0.25, -0.2) is 0 Å². The van der Waals surface area contributed by atoms with Gasteiger partial charge in [0.15, 0.2) is 6.29 Å². The number of pyridine rings is 1. The van der Waals surface area contributed by atoms with Crippen molar-refractivity contribution in [3.05, 3.63) is 60.6 Å². The van der Waals surface area contributed by atoms with Gasteiger partial charge in [0, 0.05) is 17.3 Å². The van der Waals surface area contributed by atoms with Crippen molar-refractivity contribution in [1.29, 1.82) is 0 Å². The summed E-state index contributed by atoms with van der Waals surface area (Å²) in [5.74, 6) is 0.729. The molecule has 26 heavy (non-hydrogen) atoms. The van der Waals surface area contributed by atoms with Gasteiger partial charge in [0.1, 0.15) is 5.82 Å². The molecule has 1 saturated carbocycles. The van der Waals surface area contributed by atoms with Crippen LogP contribution in [0.4, 0.5) is 11.5 Å². The zero-order chi connectivity index (χ0) is 18.0.